The Balaban J connectivity index is 1.88. The lowest BCUT2D eigenvalue weighted by Gasteiger charge is -2.14. The number of hydrogen-bond acceptors (Lipinski definition) is 4. The molecule has 0 saturated heterocycles. The minimum absolute atomic E-state index is 0.112. The smallest absolute Gasteiger partial charge is 0.326 e. The highest BCUT2D eigenvalue weighted by Gasteiger charge is 2.17. The number of rotatable bonds is 9. The van der Waals surface area contributed by atoms with Crippen molar-refractivity contribution in [2.24, 2.45) is 0 Å². The van der Waals surface area contributed by atoms with Gasteiger partial charge in [0.05, 0.1) is 13.2 Å². The van der Waals surface area contributed by atoms with Gasteiger partial charge in [-0.2, -0.15) is 0 Å². The minimum atomic E-state index is -0.708. The summed E-state index contributed by atoms with van der Waals surface area (Å²) in [7, 11) is 0. The van der Waals surface area contributed by atoms with Crippen molar-refractivity contribution >= 4 is 17.6 Å². The van der Waals surface area contributed by atoms with E-state index in [9.17, 15) is 18.4 Å². The fourth-order valence-corrected chi connectivity index (χ4v) is 2.75. The quantitative estimate of drug-likeness (QED) is 0.579. The molecule has 0 aliphatic rings. The Labute approximate surface area is 173 Å². The van der Waals surface area contributed by atoms with Crippen molar-refractivity contribution in [2.75, 3.05) is 25.1 Å². The van der Waals surface area contributed by atoms with E-state index in [0.29, 0.717) is 30.4 Å². The third-order valence-corrected chi connectivity index (χ3v) is 4.16. The second-order valence-corrected chi connectivity index (χ2v) is 6.42. The van der Waals surface area contributed by atoms with Crippen molar-refractivity contribution in [1.82, 2.24) is 5.32 Å². The van der Waals surface area contributed by atoms with E-state index in [-0.39, 0.29) is 12.1 Å². The van der Waals surface area contributed by atoms with Crippen LogP contribution in [0, 0.1) is 11.6 Å². The normalized spacial score (nSPS) is 11.5. The fraction of sp³-hybridized carbons (Fsp3) is 0.333. The van der Waals surface area contributed by atoms with Gasteiger partial charge in [-0.15, -0.1) is 0 Å². The van der Waals surface area contributed by atoms with Gasteiger partial charge in [0.25, 0.3) is 5.91 Å². The zero-order valence-corrected chi connectivity index (χ0v) is 17.1. The van der Waals surface area contributed by atoms with Crippen LogP contribution >= 0.6 is 0 Å². The van der Waals surface area contributed by atoms with Gasteiger partial charge in [-0.05, 0) is 45.0 Å². The Kier molecular flexibility index (Phi) is 8.54. The Bertz CT molecular complexity index is 893. The number of quaternary nitrogens is 1. The molecule has 0 radical (unpaired) electrons. The van der Waals surface area contributed by atoms with E-state index in [1.807, 2.05) is 13.8 Å². The van der Waals surface area contributed by atoms with Crippen molar-refractivity contribution in [3.63, 3.8) is 0 Å². The molecule has 0 spiro atoms. The summed E-state index contributed by atoms with van der Waals surface area (Å²) in [6.45, 7) is 6.15. The summed E-state index contributed by atoms with van der Waals surface area (Å²) in [4.78, 5) is 24.1. The number of carbonyl (C=O) groups is 2. The molecule has 0 saturated carbocycles. The topological polar surface area (TPSA) is 93.3 Å². The lowest BCUT2D eigenvalue weighted by Crippen LogP contribution is -2.87. The monoisotopic (exact) mass is 422 g/mol. The molecule has 7 nitrogen and oxygen atoms in total. The number of nitrogens with two attached hydrogens (primary N) is 1. The maximum Gasteiger partial charge on any atom is 0.326 e. The first kappa shape index (κ1) is 23.1. The van der Waals surface area contributed by atoms with Crippen molar-refractivity contribution in [3.05, 3.63) is 53.6 Å². The number of benzene rings is 2. The van der Waals surface area contributed by atoms with E-state index in [2.05, 4.69) is 10.6 Å². The van der Waals surface area contributed by atoms with Crippen LogP contribution in [-0.2, 0) is 4.79 Å². The van der Waals surface area contributed by atoms with Crippen molar-refractivity contribution < 1.29 is 33.2 Å². The number of halogens is 2. The Morgan fingerprint density at radius 2 is 1.73 bits per heavy atom. The van der Waals surface area contributed by atoms with E-state index in [1.165, 1.54) is 6.07 Å². The first-order valence-electron chi connectivity index (χ1n) is 9.62. The number of imide groups is 1. The minimum Gasteiger partial charge on any atom is -0.490 e. The van der Waals surface area contributed by atoms with E-state index in [4.69, 9.17) is 9.47 Å². The average Bonchev–Trinajstić information content (AvgIpc) is 2.68. The van der Waals surface area contributed by atoms with Crippen LogP contribution in [-0.4, -0.2) is 31.7 Å². The highest BCUT2D eigenvalue weighted by molar-refractivity contribution is 6.01. The van der Waals surface area contributed by atoms with Crippen molar-refractivity contribution in [2.45, 2.75) is 26.8 Å². The molecule has 0 aromatic heterocycles. The molecule has 162 valence electrons. The van der Waals surface area contributed by atoms with Crippen LogP contribution in [0.4, 0.5) is 19.3 Å². The van der Waals surface area contributed by atoms with Gasteiger partial charge in [-0.3, -0.25) is 10.1 Å². The molecule has 0 aliphatic heterocycles. The van der Waals surface area contributed by atoms with E-state index < -0.39 is 29.6 Å². The second-order valence-electron chi connectivity index (χ2n) is 6.42. The molecular weight excluding hydrogens is 396 g/mol. The SMILES string of the molecule is CCOc1ccc(NC(=O)NC(=O)C[NH2+][C@H](C)c2ccc(F)cc2F)cc1OCC. The third-order valence-electron chi connectivity index (χ3n) is 4.16. The molecule has 0 heterocycles. The summed E-state index contributed by atoms with van der Waals surface area (Å²) >= 11 is 0. The van der Waals surface area contributed by atoms with Gasteiger partial charge in [0.2, 0.25) is 0 Å². The van der Waals surface area contributed by atoms with E-state index in [1.54, 1.807) is 30.4 Å². The van der Waals surface area contributed by atoms with Gasteiger partial charge < -0.3 is 20.1 Å². The van der Waals surface area contributed by atoms with Gasteiger partial charge in [-0.25, -0.2) is 13.6 Å². The molecule has 2 rings (SSSR count). The van der Waals surface area contributed by atoms with Gasteiger partial charge in [-0.1, -0.05) is 0 Å². The number of anilines is 1. The van der Waals surface area contributed by atoms with Gasteiger partial charge in [0.1, 0.15) is 17.7 Å². The second kappa shape index (κ2) is 11.1. The summed E-state index contributed by atoms with van der Waals surface area (Å²) in [6, 6.07) is 7.04. The summed E-state index contributed by atoms with van der Waals surface area (Å²) in [5.74, 6) is -0.875. The van der Waals surface area contributed by atoms with Gasteiger partial charge in [0, 0.05) is 23.4 Å². The molecule has 0 bridgehead atoms. The molecule has 2 aromatic carbocycles. The maximum atomic E-state index is 13.8. The largest absolute Gasteiger partial charge is 0.490 e. The molecule has 1 atom stereocenters. The number of nitrogens with one attached hydrogen (secondary N) is 2. The predicted molar refractivity (Wildman–Crippen MR) is 108 cm³/mol. The Morgan fingerprint density at radius 3 is 2.40 bits per heavy atom. The first-order valence-corrected chi connectivity index (χ1v) is 9.62. The first-order chi connectivity index (χ1) is 14.3. The third kappa shape index (κ3) is 6.70. The molecule has 9 heteroatoms. The molecule has 3 amide bonds. The Morgan fingerprint density at radius 1 is 1.03 bits per heavy atom. The lowest BCUT2D eigenvalue weighted by molar-refractivity contribution is -0.682. The van der Waals surface area contributed by atoms with Crippen LogP contribution < -0.4 is 25.4 Å². The van der Waals surface area contributed by atoms with Gasteiger partial charge >= 0.3 is 6.03 Å². The van der Waals surface area contributed by atoms with Gasteiger partial charge in [0.15, 0.2) is 18.0 Å². The summed E-state index contributed by atoms with van der Waals surface area (Å²) in [6.07, 6.45) is 0. The summed E-state index contributed by atoms with van der Waals surface area (Å²) in [5, 5.41) is 6.30. The summed E-state index contributed by atoms with van der Waals surface area (Å²) in [5.41, 5.74) is 0.699. The van der Waals surface area contributed by atoms with E-state index >= 15 is 0 Å². The van der Waals surface area contributed by atoms with Crippen molar-refractivity contribution in [3.8, 4) is 11.5 Å². The molecule has 0 fully saturated rings. The zero-order chi connectivity index (χ0) is 22.1. The highest BCUT2D eigenvalue weighted by Crippen LogP contribution is 2.30. The maximum absolute atomic E-state index is 13.8. The average molecular weight is 422 g/mol. The standard InChI is InChI=1S/C21H25F2N3O4/c1-4-29-18-9-7-15(11-19(18)30-5-2)25-21(28)26-20(27)12-24-13(3)16-8-6-14(22)10-17(16)23/h6-11,13,24H,4-5,12H2,1-3H3,(H2,25,26,27,28)/p+1/t13-/m1/s1. The molecule has 0 unspecified atom stereocenters. The zero-order valence-electron chi connectivity index (χ0n) is 17.1. The van der Waals surface area contributed by atoms with Crippen LogP contribution in [0.1, 0.15) is 32.4 Å². The van der Waals surface area contributed by atoms with E-state index in [0.717, 1.165) is 12.1 Å². The lowest BCUT2D eigenvalue weighted by atomic mass is 10.1. The summed E-state index contributed by atoms with van der Waals surface area (Å²) < 4.78 is 37.8. The van der Waals surface area contributed by atoms with Crippen LogP contribution in [0.2, 0.25) is 0 Å². The molecule has 4 N–H and O–H groups in total. The number of amides is 3. The number of urea groups is 1. The molecular formula is C21H26F2N3O4+. The van der Waals surface area contributed by atoms with Crippen LogP contribution in [0.5, 0.6) is 11.5 Å². The molecule has 30 heavy (non-hydrogen) atoms. The highest BCUT2D eigenvalue weighted by atomic mass is 19.1. The predicted octanol–water partition coefficient (Wildman–Crippen LogP) is 2.73. The van der Waals surface area contributed by atoms with Crippen LogP contribution in [0.15, 0.2) is 36.4 Å². The molecule has 2 aromatic rings. The number of ether oxygens (including phenoxy) is 2. The molecule has 0 aliphatic carbocycles. The number of carbonyl (C=O) groups excluding carboxylic acids is 2. The van der Waals surface area contributed by atoms with Crippen molar-refractivity contribution in [1.29, 1.82) is 0 Å². The van der Waals surface area contributed by atoms with Crippen LogP contribution in [0.25, 0.3) is 0 Å². The Hall–Kier alpha value is -3.20. The van der Waals surface area contributed by atoms with Crippen LogP contribution in [0.3, 0.4) is 0 Å². The fourth-order valence-electron chi connectivity index (χ4n) is 2.75. The number of hydrogen-bond donors (Lipinski definition) is 3.